The van der Waals surface area contributed by atoms with Gasteiger partial charge >= 0.3 is 11.9 Å². The maximum atomic E-state index is 11.3. The van der Waals surface area contributed by atoms with Gasteiger partial charge in [-0.1, -0.05) is 49.3 Å². The normalized spacial score (nSPS) is 10.9. The van der Waals surface area contributed by atoms with E-state index in [4.69, 9.17) is 9.47 Å². The smallest absolute Gasteiger partial charge is 0.316 e. The van der Waals surface area contributed by atoms with Crippen molar-refractivity contribution in [2.75, 3.05) is 24.7 Å². The molecule has 0 fully saturated rings. The van der Waals surface area contributed by atoms with Crippen molar-refractivity contribution in [2.45, 2.75) is 40.5 Å². The van der Waals surface area contributed by atoms with Crippen molar-refractivity contribution in [3.63, 3.8) is 0 Å². The molecular formula is C14H26O4S2. The second kappa shape index (κ2) is 12.4. The van der Waals surface area contributed by atoms with Crippen LogP contribution in [0.25, 0.3) is 0 Å². The van der Waals surface area contributed by atoms with Gasteiger partial charge in [-0.25, -0.2) is 0 Å². The topological polar surface area (TPSA) is 52.6 Å². The van der Waals surface area contributed by atoms with Gasteiger partial charge in [0.25, 0.3) is 0 Å². The minimum absolute atomic E-state index is 0.226. The Labute approximate surface area is 130 Å². The highest BCUT2D eigenvalue weighted by Crippen LogP contribution is 2.21. The molecule has 118 valence electrons. The number of carbonyl (C=O) groups is 2. The average molecular weight is 322 g/mol. The highest BCUT2D eigenvalue weighted by Gasteiger charge is 2.07. The molecule has 0 bridgehead atoms. The zero-order valence-corrected chi connectivity index (χ0v) is 14.5. The van der Waals surface area contributed by atoms with Crippen molar-refractivity contribution in [1.82, 2.24) is 0 Å². The van der Waals surface area contributed by atoms with Gasteiger partial charge in [-0.05, 0) is 24.7 Å². The molecule has 0 aliphatic heterocycles. The highest BCUT2D eigenvalue weighted by atomic mass is 33.1. The van der Waals surface area contributed by atoms with E-state index in [-0.39, 0.29) is 23.4 Å². The fraction of sp³-hybridized carbons (Fsp3) is 0.857. The average Bonchev–Trinajstić information content (AvgIpc) is 2.33. The lowest BCUT2D eigenvalue weighted by Gasteiger charge is -2.07. The van der Waals surface area contributed by atoms with Crippen molar-refractivity contribution >= 4 is 33.5 Å². The minimum Gasteiger partial charge on any atom is -0.465 e. The monoisotopic (exact) mass is 322 g/mol. The van der Waals surface area contributed by atoms with E-state index < -0.39 is 0 Å². The summed E-state index contributed by atoms with van der Waals surface area (Å²) in [6, 6.07) is 0. The first kappa shape index (κ1) is 19.6. The van der Waals surface area contributed by atoms with Crippen molar-refractivity contribution < 1.29 is 19.1 Å². The molecule has 0 rings (SSSR count). The summed E-state index contributed by atoms with van der Waals surface area (Å²) in [6.07, 6.45) is 1.76. The van der Waals surface area contributed by atoms with Crippen LogP contribution in [0.3, 0.4) is 0 Å². The lowest BCUT2D eigenvalue weighted by atomic mass is 10.1. The molecule has 0 unspecified atom stereocenters. The molecule has 0 saturated heterocycles. The van der Waals surface area contributed by atoms with Crippen LogP contribution in [0.5, 0.6) is 0 Å². The molecule has 0 aromatic carbocycles. The van der Waals surface area contributed by atoms with Crippen molar-refractivity contribution in [3.05, 3.63) is 0 Å². The standard InChI is InChI=1S/C14H26O4S2/c1-11(2)5-7-17-13(15)9-19-20-10-14(16)18-8-6-12(3)4/h11-12H,5-10H2,1-4H3. The van der Waals surface area contributed by atoms with E-state index in [1.165, 1.54) is 21.6 Å². The van der Waals surface area contributed by atoms with Gasteiger partial charge in [-0.15, -0.1) is 0 Å². The van der Waals surface area contributed by atoms with Crippen LogP contribution in [-0.4, -0.2) is 36.7 Å². The highest BCUT2D eigenvalue weighted by molar-refractivity contribution is 8.77. The van der Waals surface area contributed by atoms with Gasteiger partial charge in [0.05, 0.1) is 13.2 Å². The van der Waals surface area contributed by atoms with E-state index in [1.54, 1.807) is 0 Å². The fourth-order valence-corrected chi connectivity index (χ4v) is 2.68. The second-order valence-corrected chi connectivity index (χ2v) is 7.79. The Morgan fingerprint density at radius 3 is 1.45 bits per heavy atom. The molecule has 0 aliphatic rings. The molecule has 4 nitrogen and oxygen atoms in total. The number of hydrogen-bond acceptors (Lipinski definition) is 6. The number of ether oxygens (including phenoxy) is 2. The Morgan fingerprint density at radius 2 is 1.15 bits per heavy atom. The summed E-state index contributed by atoms with van der Waals surface area (Å²) < 4.78 is 10.1. The predicted molar refractivity (Wildman–Crippen MR) is 85.7 cm³/mol. The number of esters is 2. The molecular weight excluding hydrogens is 296 g/mol. The van der Waals surface area contributed by atoms with Crippen LogP contribution in [0.15, 0.2) is 0 Å². The molecule has 0 atom stereocenters. The number of carbonyl (C=O) groups excluding carboxylic acids is 2. The summed E-state index contributed by atoms with van der Waals surface area (Å²) in [5.74, 6) is 1.15. The zero-order chi connectivity index (χ0) is 15.4. The Morgan fingerprint density at radius 1 is 0.800 bits per heavy atom. The molecule has 0 aliphatic carbocycles. The molecule has 0 aromatic rings. The maximum absolute atomic E-state index is 11.3. The molecule has 0 saturated carbocycles. The first-order valence-electron chi connectivity index (χ1n) is 6.97. The van der Waals surface area contributed by atoms with Gasteiger partial charge in [0, 0.05) is 0 Å². The Balaban J connectivity index is 3.41. The van der Waals surface area contributed by atoms with E-state index in [2.05, 4.69) is 27.7 Å². The van der Waals surface area contributed by atoms with Gasteiger partial charge < -0.3 is 9.47 Å². The van der Waals surface area contributed by atoms with Gasteiger partial charge in [0.1, 0.15) is 11.5 Å². The van der Waals surface area contributed by atoms with E-state index in [9.17, 15) is 9.59 Å². The predicted octanol–water partition coefficient (Wildman–Crippen LogP) is 3.55. The molecule has 0 aromatic heterocycles. The van der Waals surface area contributed by atoms with Gasteiger partial charge in [-0.3, -0.25) is 9.59 Å². The van der Waals surface area contributed by atoms with Crippen LogP contribution in [0, 0.1) is 11.8 Å². The van der Waals surface area contributed by atoms with Crippen molar-refractivity contribution in [3.8, 4) is 0 Å². The van der Waals surface area contributed by atoms with E-state index in [0.29, 0.717) is 25.0 Å². The van der Waals surface area contributed by atoms with E-state index in [1.807, 2.05) is 0 Å². The summed E-state index contributed by atoms with van der Waals surface area (Å²) in [4.78, 5) is 22.7. The van der Waals surface area contributed by atoms with E-state index in [0.717, 1.165) is 12.8 Å². The Bertz CT molecular complexity index is 252. The van der Waals surface area contributed by atoms with Crippen LogP contribution in [-0.2, 0) is 19.1 Å². The summed E-state index contributed by atoms with van der Waals surface area (Å²) in [7, 11) is 2.66. The molecule has 0 heterocycles. The van der Waals surface area contributed by atoms with E-state index >= 15 is 0 Å². The van der Waals surface area contributed by atoms with Crippen LogP contribution >= 0.6 is 21.6 Å². The quantitative estimate of drug-likeness (QED) is 0.329. The summed E-state index contributed by atoms with van der Waals surface area (Å²) in [6.45, 7) is 9.29. The largest absolute Gasteiger partial charge is 0.465 e. The van der Waals surface area contributed by atoms with Crippen molar-refractivity contribution in [2.24, 2.45) is 11.8 Å². The maximum Gasteiger partial charge on any atom is 0.316 e. The molecule has 20 heavy (non-hydrogen) atoms. The number of hydrogen-bond donors (Lipinski definition) is 0. The Kier molecular flexibility index (Phi) is 12.2. The van der Waals surface area contributed by atoms with Crippen LogP contribution in [0.2, 0.25) is 0 Å². The van der Waals surface area contributed by atoms with Crippen LogP contribution in [0.4, 0.5) is 0 Å². The molecule has 0 radical (unpaired) electrons. The molecule has 6 heteroatoms. The second-order valence-electron chi connectivity index (χ2n) is 5.33. The lowest BCUT2D eigenvalue weighted by molar-refractivity contribution is -0.141. The van der Waals surface area contributed by atoms with Crippen molar-refractivity contribution in [1.29, 1.82) is 0 Å². The van der Waals surface area contributed by atoms with Gasteiger partial charge in [0.2, 0.25) is 0 Å². The van der Waals surface area contributed by atoms with Gasteiger partial charge in [-0.2, -0.15) is 0 Å². The zero-order valence-electron chi connectivity index (χ0n) is 12.8. The van der Waals surface area contributed by atoms with Crippen LogP contribution in [0.1, 0.15) is 40.5 Å². The SMILES string of the molecule is CC(C)CCOC(=O)CSSCC(=O)OCCC(C)C. The van der Waals surface area contributed by atoms with Gasteiger partial charge in [0.15, 0.2) is 0 Å². The Hall–Kier alpha value is -0.360. The fourth-order valence-electron chi connectivity index (χ4n) is 1.08. The molecule has 0 spiro atoms. The summed E-state index contributed by atoms with van der Waals surface area (Å²) in [5.41, 5.74) is 0. The summed E-state index contributed by atoms with van der Waals surface area (Å²) in [5, 5.41) is 0. The lowest BCUT2D eigenvalue weighted by Crippen LogP contribution is -2.11. The minimum atomic E-state index is -0.226. The first-order chi connectivity index (χ1) is 9.41. The third kappa shape index (κ3) is 14.1. The van der Waals surface area contributed by atoms with Crippen LogP contribution < -0.4 is 0 Å². The molecule has 0 N–H and O–H groups in total. The third-order valence-corrected chi connectivity index (χ3v) is 4.43. The number of rotatable bonds is 11. The summed E-state index contributed by atoms with van der Waals surface area (Å²) >= 11 is 0. The first-order valence-corrected chi connectivity index (χ1v) is 9.46. The third-order valence-electron chi connectivity index (χ3n) is 2.35. The molecule has 0 amide bonds.